The molecule has 0 aromatic heterocycles. The van der Waals surface area contributed by atoms with E-state index in [-0.39, 0.29) is 5.91 Å². The maximum absolute atomic E-state index is 13.0. The summed E-state index contributed by atoms with van der Waals surface area (Å²) in [5.74, 6) is 0.428. The van der Waals surface area contributed by atoms with Crippen LogP contribution in [0.15, 0.2) is 115 Å². The molecule has 5 rings (SSSR count). The van der Waals surface area contributed by atoms with Gasteiger partial charge in [0.25, 0.3) is 5.91 Å². The molecule has 1 amide bonds. The number of carbonyl (C=O) groups excluding carboxylic acids is 1. The smallest absolute Gasteiger partial charge is 0.341 e. The first kappa shape index (κ1) is 34.8. The molecule has 5 aromatic carbocycles. The average molecular weight is 658 g/mol. The summed E-state index contributed by atoms with van der Waals surface area (Å²) in [6, 6.07) is 37.1. The van der Waals surface area contributed by atoms with Crippen LogP contribution in [0.1, 0.15) is 48.0 Å². The van der Waals surface area contributed by atoms with E-state index >= 15 is 0 Å². The standard InChI is InChI=1S/C42H43NO6/c1-47-35-25-23-32(24-26-35)37-28-36(40(48-2)39(33-17-11-7-12-18-33)41(37)49-29-38(44)45)31-19-21-34(22-20-31)42(46)43-27-13-5-3-4-8-14-30-15-9-6-10-16-30/h6-7,9-12,15-26,28H,3-5,8,13-14,27,29H2,1-2H3,(H,43,46)(H,44,45). The molecule has 7 heteroatoms. The van der Waals surface area contributed by atoms with Crippen LogP contribution in [-0.4, -0.2) is 44.4 Å². The van der Waals surface area contributed by atoms with Crippen molar-refractivity contribution in [3.63, 3.8) is 0 Å². The minimum atomic E-state index is -1.09. The Hall–Kier alpha value is -5.56. The number of ether oxygens (including phenoxy) is 3. The van der Waals surface area contributed by atoms with Crippen molar-refractivity contribution in [1.82, 2.24) is 5.32 Å². The molecule has 0 aliphatic heterocycles. The van der Waals surface area contributed by atoms with Crippen molar-refractivity contribution in [2.75, 3.05) is 27.4 Å². The molecule has 7 nitrogen and oxygen atoms in total. The second-order valence-electron chi connectivity index (χ2n) is 11.8. The fourth-order valence-electron chi connectivity index (χ4n) is 5.94. The Morgan fingerprint density at radius 2 is 1.22 bits per heavy atom. The molecule has 0 heterocycles. The zero-order chi connectivity index (χ0) is 34.4. The number of aryl methyl sites for hydroxylation is 1. The van der Waals surface area contributed by atoms with Gasteiger partial charge in [0.1, 0.15) is 17.2 Å². The summed E-state index contributed by atoms with van der Waals surface area (Å²) in [6.45, 7) is 0.111. The van der Waals surface area contributed by atoms with Gasteiger partial charge in [0.2, 0.25) is 0 Å². The maximum Gasteiger partial charge on any atom is 0.341 e. The molecule has 2 N–H and O–H groups in total. The van der Waals surface area contributed by atoms with Crippen molar-refractivity contribution < 1.29 is 28.9 Å². The number of hydrogen-bond acceptors (Lipinski definition) is 5. The van der Waals surface area contributed by atoms with Crippen LogP contribution in [0.2, 0.25) is 0 Å². The Bertz CT molecular complexity index is 1800. The molecule has 0 saturated heterocycles. The van der Waals surface area contributed by atoms with E-state index in [1.54, 1.807) is 14.2 Å². The minimum absolute atomic E-state index is 0.107. The summed E-state index contributed by atoms with van der Waals surface area (Å²) in [7, 11) is 3.19. The van der Waals surface area contributed by atoms with Gasteiger partial charge < -0.3 is 24.6 Å². The molecule has 252 valence electrons. The van der Waals surface area contributed by atoms with Gasteiger partial charge in [-0.1, -0.05) is 104 Å². The van der Waals surface area contributed by atoms with Gasteiger partial charge in [0.05, 0.1) is 19.8 Å². The maximum atomic E-state index is 13.0. The van der Waals surface area contributed by atoms with Gasteiger partial charge in [0.15, 0.2) is 6.61 Å². The number of nitrogens with one attached hydrogen (secondary N) is 1. The molecule has 49 heavy (non-hydrogen) atoms. The van der Waals surface area contributed by atoms with Crippen LogP contribution in [0.25, 0.3) is 33.4 Å². The Kier molecular flexibility index (Phi) is 12.5. The quantitative estimate of drug-likeness (QED) is 0.0969. The number of carboxylic acids is 1. The highest BCUT2D eigenvalue weighted by atomic mass is 16.5. The summed E-state index contributed by atoms with van der Waals surface area (Å²) in [4.78, 5) is 24.7. The van der Waals surface area contributed by atoms with Gasteiger partial charge in [-0.25, -0.2) is 4.79 Å². The van der Waals surface area contributed by atoms with Crippen LogP contribution >= 0.6 is 0 Å². The number of carbonyl (C=O) groups is 2. The number of unbranched alkanes of at least 4 members (excludes halogenated alkanes) is 4. The largest absolute Gasteiger partial charge is 0.497 e. The van der Waals surface area contributed by atoms with Gasteiger partial charge in [-0.15, -0.1) is 0 Å². The fraction of sp³-hybridized carbons (Fsp3) is 0.238. The van der Waals surface area contributed by atoms with Crippen LogP contribution in [-0.2, 0) is 11.2 Å². The third-order valence-electron chi connectivity index (χ3n) is 8.47. The van der Waals surface area contributed by atoms with E-state index in [4.69, 9.17) is 14.2 Å². The summed E-state index contributed by atoms with van der Waals surface area (Å²) in [6.07, 6.45) is 6.66. The second kappa shape index (κ2) is 17.6. The van der Waals surface area contributed by atoms with Crippen molar-refractivity contribution in [3.8, 4) is 50.6 Å². The molecule has 0 saturated carbocycles. The molecule has 0 radical (unpaired) electrons. The van der Waals surface area contributed by atoms with Crippen molar-refractivity contribution in [2.45, 2.75) is 38.5 Å². The van der Waals surface area contributed by atoms with Crippen LogP contribution < -0.4 is 19.5 Å². The van der Waals surface area contributed by atoms with Gasteiger partial charge in [0, 0.05) is 23.2 Å². The topological polar surface area (TPSA) is 94.1 Å². The van der Waals surface area contributed by atoms with E-state index in [1.807, 2.05) is 91.0 Å². The Morgan fingerprint density at radius 1 is 0.633 bits per heavy atom. The third kappa shape index (κ3) is 9.29. The zero-order valence-corrected chi connectivity index (χ0v) is 28.1. The van der Waals surface area contributed by atoms with E-state index < -0.39 is 12.6 Å². The van der Waals surface area contributed by atoms with Crippen LogP contribution in [0.5, 0.6) is 17.2 Å². The molecule has 0 aliphatic carbocycles. The monoisotopic (exact) mass is 657 g/mol. The lowest BCUT2D eigenvalue weighted by molar-refractivity contribution is -0.139. The Morgan fingerprint density at radius 3 is 1.86 bits per heavy atom. The van der Waals surface area contributed by atoms with Gasteiger partial charge in [-0.05, 0) is 71.8 Å². The minimum Gasteiger partial charge on any atom is -0.497 e. The first-order chi connectivity index (χ1) is 24.0. The number of amides is 1. The highest BCUT2D eigenvalue weighted by Gasteiger charge is 2.24. The first-order valence-corrected chi connectivity index (χ1v) is 16.7. The molecule has 0 spiro atoms. The second-order valence-corrected chi connectivity index (χ2v) is 11.8. The molecule has 0 bridgehead atoms. The molecule has 0 aliphatic rings. The number of benzene rings is 5. The van der Waals surface area contributed by atoms with Gasteiger partial charge >= 0.3 is 5.97 Å². The van der Waals surface area contributed by atoms with Gasteiger partial charge in [-0.2, -0.15) is 0 Å². The highest BCUT2D eigenvalue weighted by molar-refractivity contribution is 5.97. The lowest BCUT2D eigenvalue weighted by Gasteiger charge is -2.22. The van der Waals surface area contributed by atoms with E-state index in [0.717, 1.165) is 47.9 Å². The van der Waals surface area contributed by atoms with E-state index in [2.05, 4.69) is 29.6 Å². The molecular weight excluding hydrogens is 614 g/mol. The van der Waals surface area contributed by atoms with Crippen molar-refractivity contribution >= 4 is 11.9 Å². The normalized spacial score (nSPS) is 10.7. The molecule has 0 atom stereocenters. The average Bonchev–Trinajstić information content (AvgIpc) is 3.15. The van der Waals surface area contributed by atoms with Crippen molar-refractivity contribution in [1.29, 1.82) is 0 Å². The fourth-order valence-corrected chi connectivity index (χ4v) is 5.94. The lowest BCUT2D eigenvalue weighted by Crippen LogP contribution is -2.24. The van der Waals surface area contributed by atoms with Crippen LogP contribution in [0.3, 0.4) is 0 Å². The highest BCUT2D eigenvalue weighted by Crippen LogP contribution is 2.50. The summed E-state index contributed by atoms with van der Waals surface area (Å²) in [5.41, 5.74) is 6.52. The summed E-state index contributed by atoms with van der Waals surface area (Å²) in [5, 5.41) is 12.6. The number of aliphatic carboxylic acids is 1. The Balaban J connectivity index is 1.35. The van der Waals surface area contributed by atoms with Crippen molar-refractivity contribution in [2.24, 2.45) is 0 Å². The Labute approximate surface area is 288 Å². The van der Waals surface area contributed by atoms with E-state index in [0.29, 0.717) is 40.5 Å². The van der Waals surface area contributed by atoms with Gasteiger partial charge in [-0.3, -0.25) is 4.79 Å². The molecular formula is C42H43NO6. The number of hydrogen-bond donors (Lipinski definition) is 2. The van der Waals surface area contributed by atoms with Crippen LogP contribution in [0.4, 0.5) is 0 Å². The van der Waals surface area contributed by atoms with E-state index in [1.165, 1.54) is 18.4 Å². The zero-order valence-electron chi connectivity index (χ0n) is 28.1. The van der Waals surface area contributed by atoms with Crippen molar-refractivity contribution in [3.05, 3.63) is 126 Å². The first-order valence-electron chi connectivity index (χ1n) is 16.7. The molecule has 5 aromatic rings. The summed E-state index contributed by atoms with van der Waals surface area (Å²) < 4.78 is 17.4. The SMILES string of the molecule is COc1ccc(-c2cc(-c3ccc(C(=O)NCCCCCCCc4ccccc4)cc3)c(OC)c(-c3ccccc3)c2OCC(=O)O)cc1. The number of rotatable bonds is 17. The molecule has 0 fully saturated rings. The predicted molar refractivity (Wildman–Crippen MR) is 195 cm³/mol. The lowest BCUT2D eigenvalue weighted by atomic mass is 9.90. The molecule has 0 unspecified atom stereocenters. The third-order valence-corrected chi connectivity index (χ3v) is 8.47. The number of carboxylic acid groups (broad SMARTS) is 1. The summed E-state index contributed by atoms with van der Waals surface area (Å²) >= 11 is 0. The number of methoxy groups -OCH3 is 2. The van der Waals surface area contributed by atoms with E-state index in [9.17, 15) is 14.7 Å². The predicted octanol–water partition coefficient (Wildman–Crippen LogP) is 9.09. The van der Waals surface area contributed by atoms with Crippen LogP contribution in [0, 0.1) is 0 Å².